The van der Waals surface area contributed by atoms with Gasteiger partial charge in [0.2, 0.25) is 0 Å². The van der Waals surface area contributed by atoms with Crippen molar-refractivity contribution in [2.75, 3.05) is 31.6 Å². The third kappa shape index (κ3) is 4.18. The number of nitrogens with one attached hydrogen (secondary N) is 1. The molecule has 0 aromatic heterocycles. The minimum Gasteiger partial charge on any atom is -0.481 e. The van der Waals surface area contributed by atoms with Crippen LogP contribution >= 0.6 is 0 Å². The second-order valence-electron chi connectivity index (χ2n) is 3.88. The molecule has 1 saturated heterocycles. The van der Waals surface area contributed by atoms with Crippen molar-refractivity contribution in [3.8, 4) is 0 Å². The fraction of sp³-hybridized carbons (Fsp3) is 0.778. The van der Waals surface area contributed by atoms with Gasteiger partial charge in [0.15, 0.2) is 0 Å². The molecule has 1 fully saturated rings. The Kier molecular flexibility index (Phi) is 4.72. The number of hydrogen-bond acceptors (Lipinski definition) is 3. The number of carbonyl (C=O) groups is 2. The van der Waals surface area contributed by atoms with Crippen LogP contribution in [0.5, 0.6) is 0 Å². The Bertz CT molecular complexity index is 302. The summed E-state index contributed by atoms with van der Waals surface area (Å²) < 4.78 is 10.7. The zero-order chi connectivity index (χ0) is 12.1. The van der Waals surface area contributed by atoms with Gasteiger partial charge in [0, 0.05) is 48.4 Å². The van der Waals surface area contributed by atoms with Crippen LogP contribution in [0.25, 0.3) is 0 Å². The molecule has 0 aromatic carbocycles. The number of likely N-dealkylation sites (tertiary alicyclic amines) is 1. The Balaban J connectivity index is 2.12. The average Bonchev–Trinajstić information content (AvgIpc) is 2.09. The molecule has 2 N–H and O–H groups in total. The van der Waals surface area contributed by atoms with Crippen LogP contribution in [0.1, 0.15) is 6.42 Å². The molecular formula is C9H16N2O4S. The normalized spacial score (nSPS) is 17.7. The first kappa shape index (κ1) is 13.0. The van der Waals surface area contributed by atoms with Crippen LogP contribution in [-0.2, 0) is 15.6 Å². The molecule has 1 aliphatic rings. The number of nitrogens with zero attached hydrogens (tertiary/aromatic N) is 1. The summed E-state index contributed by atoms with van der Waals surface area (Å²) in [5.74, 6) is -0.312. The largest absolute Gasteiger partial charge is 0.481 e. The van der Waals surface area contributed by atoms with Gasteiger partial charge < -0.3 is 15.3 Å². The molecule has 7 heteroatoms. The van der Waals surface area contributed by atoms with Crippen LogP contribution < -0.4 is 5.32 Å². The molecule has 6 nitrogen and oxygen atoms in total. The monoisotopic (exact) mass is 248 g/mol. The number of carbonyl (C=O) groups excluding carboxylic acids is 1. The summed E-state index contributed by atoms with van der Waals surface area (Å²) in [6.45, 7) is 1.38. The Hall–Kier alpha value is -1.11. The van der Waals surface area contributed by atoms with E-state index in [4.69, 9.17) is 5.11 Å². The van der Waals surface area contributed by atoms with E-state index >= 15 is 0 Å². The lowest BCUT2D eigenvalue weighted by Gasteiger charge is -2.38. The first-order chi connectivity index (χ1) is 7.49. The van der Waals surface area contributed by atoms with Gasteiger partial charge >= 0.3 is 12.0 Å². The minimum absolute atomic E-state index is 0.0727. The Labute approximate surface area is 96.5 Å². The highest BCUT2D eigenvalue weighted by Crippen LogP contribution is 2.18. The van der Waals surface area contributed by atoms with Crippen LogP contribution in [0.3, 0.4) is 0 Å². The molecule has 0 bridgehead atoms. The van der Waals surface area contributed by atoms with Crippen molar-refractivity contribution in [3.63, 3.8) is 0 Å². The molecule has 0 radical (unpaired) electrons. The minimum atomic E-state index is -0.905. The SMILES string of the molecule is CS(=O)CCNC(=O)N1CC(CC(=O)O)C1. The Morgan fingerprint density at radius 3 is 2.62 bits per heavy atom. The van der Waals surface area contributed by atoms with Crippen molar-refractivity contribution in [3.05, 3.63) is 0 Å². The van der Waals surface area contributed by atoms with Crippen molar-refractivity contribution in [2.24, 2.45) is 5.92 Å². The second-order valence-corrected chi connectivity index (χ2v) is 5.43. The number of carboxylic acid groups (broad SMARTS) is 1. The number of amides is 2. The molecule has 1 rings (SSSR count). The number of urea groups is 1. The van der Waals surface area contributed by atoms with Crippen molar-refractivity contribution in [1.82, 2.24) is 10.2 Å². The molecular weight excluding hydrogens is 232 g/mol. The van der Waals surface area contributed by atoms with Gasteiger partial charge in [0.05, 0.1) is 6.42 Å². The molecule has 2 amide bonds. The summed E-state index contributed by atoms with van der Waals surface area (Å²) in [7, 11) is -0.905. The summed E-state index contributed by atoms with van der Waals surface area (Å²) >= 11 is 0. The molecule has 1 heterocycles. The average molecular weight is 248 g/mol. The van der Waals surface area contributed by atoms with Gasteiger partial charge in [-0.25, -0.2) is 4.79 Å². The maximum atomic E-state index is 11.4. The highest BCUT2D eigenvalue weighted by atomic mass is 32.2. The zero-order valence-electron chi connectivity index (χ0n) is 9.14. The summed E-state index contributed by atoms with van der Waals surface area (Å²) in [6, 6.07) is -0.202. The van der Waals surface area contributed by atoms with E-state index in [1.54, 1.807) is 11.2 Å². The van der Waals surface area contributed by atoms with Gasteiger partial charge in [-0.15, -0.1) is 0 Å². The molecule has 1 atom stereocenters. The number of carboxylic acids is 1. The van der Waals surface area contributed by atoms with Crippen LogP contribution in [0.15, 0.2) is 0 Å². The maximum Gasteiger partial charge on any atom is 0.317 e. The smallest absolute Gasteiger partial charge is 0.317 e. The van der Waals surface area contributed by atoms with Crippen LogP contribution in [-0.4, -0.2) is 57.9 Å². The molecule has 0 spiro atoms. The standard InChI is InChI=1S/C9H16N2O4S/c1-16(15)3-2-10-9(14)11-5-7(6-11)4-8(12)13/h7H,2-6H2,1H3,(H,10,14)(H,12,13). The van der Waals surface area contributed by atoms with Gasteiger partial charge in [-0.1, -0.05) is 0 Å². The van der Waals surface area contributed by atoms with Crippen molar-refractivity contribution in [2.45, 2.75) is 6.42 Å². The Morgan fingerprint density at radius 2 is 2.12 bits per heavy atom. The molecule has 1 aliphatic heterocycles. The number of rotatable bonds is 5. The topological polar surface area (TPSA) is 86.7 Å². The van der Waals surface area contributed by atoms with Gasteiger partial charge in [0.25, 0.3) is 0 Å². The second kappa shape index (κ2) is 5.83. The summed E-state index contributed by atoms with van der Waals surface area (Å²) in [5.41, 5.74) is 0. The zero-order valence-corrected chi connectivity index (χ0v) is 9.96. The first-order valence-electron chi connectivity index (χ1n) is 5.03. The summed E-state index contributed by atoms with van der Waals surface area (Å²) in [4.78, 5) is 23.3. The number of aliphatic carboxylic acids is 1. The first-order valence-corrected chi connectivity index (χ1v) is 6.76. The van der Waals surface area contributed by atoms with Gasteiger partial charge in [0.1, 0.15) is 0 Å². The van der Waals surface area contributed by atoms with Gasteiger partial charge in [-0.05, 0) is 0 Å². The predicted molar refractivity (Wildman–Crippen MR) is 59.6 cm³/mol. The molecule has 16 heavy (non-hydrogen) atoms. The van der Waals surface area contributed by atoms with E-state index in [0.29, 0.717) is 25.4 Å². The molecule has 0 aromatic rings. The van der Waals surface area contributed by atoms with E-state index in [1.807, 2.05) is 0 Å². The fourth-order valence-corrected chi connectivity index (χ4v) is 1.91. The van der Waals surface area contributed by atoms with Crippen LogP contribution in [0.2, 0.25) is 0 Å². The lowest BCUT2D eigenvalue weighted by atomic mass is 9.97. The predicted octanol–water partition coefficient (Wildman–Crippen LogP) is -0.519. The van der Waals surface area contributed by atoms with E-state index in [-0.39, 0.29) is 18.4 Å². The summed E-state index contributed by atoms with van der Waals surface area (Å²) in [5, 5.41) is 11.2. The quantitative estimate of drug-likeness (QED) is 0.685. The van der Waals surface area contributed by atoms with Crippen molar-refractivity contribution < 1.29 is 18.9 Å². The lowest BCUT2D eigenvalue weighted by molar-refractivity contribution is -0.139. The third-order valence-electron chi connectivity index (χ3n) is 2.37. The highest BCUT2D eigenvalue weighted by Gasteiger charge is 2.31. The van der Waals surface area contributed by atoms with E-state index in [9.17, 15) is 13.8 Å². The molecule has 0 saturated carbocycles. The summed E-state index contributed by atoms with van der Waals surface area (Å²) in [6.07, 6.45) is 1.70. The highest BCUT2D eigenvalue weighted by molar-refractivity contribution is 7.84. The van der Waals surface area contributed by atoms with E-state index in [2.05, 4.69) is 5.32 Å². The molecule has 0 aliphatic carbocycles. The van der Waals surface area contributed by atoms with E-state index in [1.165, 1.54) is 0 Å². The van der Waals surface area contributed by atoms with Crippen molar-refractivity contribution in [1.29, 1.82) is 0 Å². The molecule has 1 unspecified atom stereocenters. The van der Waals surface area contributed by atoms with Gasteiger partial charge in [-0.2, -0.15) is 0 Å². The Morgan fingerprint density at radius 1 is 1.50 bits per heavy atom. The van der Waals surface area contributed by atoms with Gasteiger partial charge in [-0.3, -0.25) is 9.00 Å². The fourth-order valence-electron chi connectivity index (χ4n) is 1.53. The number of hydrogen-bond donors (Lipinski definition) is 2. The third-order valence-corrected chi connectivity index (χ3v) is 3.15. The van der Waals surface area contributed by atoms with E-state index < -0.39 is 16.8 Å². The lowest BCUT2D eigenvalue weighted by Crippen LogP contribution is -2.54. The maximum absolute atomic E-state index is 11.4. The van der Waals surface area contributed by atoms with E-state index in [0.717, 1.165) is 0 Å². The van der Waals surface area contributed by atoms with Crippen LogP contribution in [0.4, 0.5) is 4.79 Å². The van der Waals surface area contributed by atoms with Crippen LogP contribution in [0, 0.1) is 5.92 Å². The molecule has 92 valence electrons. The van der Waals surface area contributed by atoms with Crippen molar-refractivity contribution >= 4 is 22.8 Å².